The van der Waals surface area contributed by atoms with Gasteiger partial charge in [0.15, 0.2) is 0 Å². The van der Waals surface area contributed by atoms with Gasteiger partial charge in [0, 0.05) is 30.0 Å². The summed E-state index contributed by atoms with van der Waals surface area (Å²) in [5, 5.41) is 8.08. The Hall–Kier alpha value is -3.51. The lowest BCUT2D eigenvalue weighted by atomic mass is 10.0. The average molecular weight is 383 g/mol. The second-order valence-corrected chi connectivity index (χ2v) is 7.32. The van der Waals surface area contributed by atoms with Crippen molar-refractivity contribution in [1.29, 1.82) is 0 Å². The highest BCUT2D eigenvalue weighted by Crippen LogP contribution is 2.31. The van der Waals surface area contributed by atoms with Crippen LogP contribution in [0.2, 0.25) is 0 Å². The standard InChI is InChI=1S/C22H17N5S/c1-2-8-18-16(5-1)6-3-7-17(18)13-24-21-19(20-9-4-12-28-20)14-25-22(26-21)27-11-10-23-15-27/h1-12,14-15H,13H2,(H,24,25,26). The molecule has 0 aliphatic rings. The van der Waals surface area contributed by atoms with Crippen molar-refractivity contribution in [2.24, 2.45) is 0 Å². The maximum Gasteiger partial charge on any atom is 0.236 e. The van der Waals surface area contributed by atoms with E-state index in [-0.39, 0.29) is 0 Å². The molecule has 5 nitrogen and oxygen atoms in total. The van der Waals surface area contributed by atoms with Crippen molar-refractivity contribution in [3.05, 3.63) is 90.5 Å². The van der Waals surface area contributed by atoms with Crippen LogP contribution in [0.25, 0.3) is 27.2 Å². The van der Waals surface area contributed by atoms with Crippen LogP contribution in [0.15, 0.2) is 84.9 Å². The zero-order valence-corrected chi connectivity index (χ0v) is 15.8. The largest absolute Gasteiger partial charge is 0.365 e. The predicted octanol–water partition coefficient (Wildman–Crippen LogP) is 5.16. The number of imidazole rings is 1. The number of thiophene rings is 1. The van der Waals surface area contributed by atoms with Crippen LogP contribution in [-0.2, 0) is 6.54 Å². The summed E-state index contributed by atoms with van der Waals surface area (Å²) in [6.07, 6.45) is 7.14. The van der Waals surface area contributed by atoms with E-state index in [0.717, 1.165) is 16.3 Å². The van der Waals surface area contributed by atoms with Crippen molar-refractivity contribution in [2.75, 3.05) is 5.32 Å². The van der Waals surface area contributed by atoms with Crippen molar-refractivity contribution in [3.63, 3.8) is 0 Å². The molecule has 3 heterocycles. The van der Waals surface area contributed by atoms with Crippen LogP contribution in [0.1, 0.15) is 5.56 Å². The molecule has 0 amide bonds. The lowest BCUT2D eigenvalue weighted by Gasteiger charge is -2.13. The molecule has 0 atom stereocenters. The summed E-state index contributed by atoms with van der Waals surface area (Å²) in [6.45, 7) is 0.681. The number of nitrogens with one attached hydrogen (secondary N) is 1. The summed E-state index contributed by atoms with van der Waals surface area (Å²) >= 11 is 1.68. The molecule has 0 fully saturated rings. The number of anilines is 1. The average Bonchev–Trinajstić information content (AvgIpc) is 3.46. The third kappa shape index (κ3) is 3.14. The fourth-order valence-corrected chi connectivity index (χ4v) is 3.98. The molecular formula is C22H17N5S. The Morgan fingerprint density at radius 1 is 1.00 bits per heavy atom. The van der Waals surface area contributed by atoms with Crippen molar-refractivity contribution < 1.29 is 0 Å². The van der Waals surface area contributed by atoms with Crippen molar-refractivity contribution >= 4 is 27.9 Å². The molecule has 0 saturated carbocycles. The second kappa shape index (κ2) is 7.25. The first-order valence-electron chi connectivity index (χ1n) is 8.98. The van der Waals surface area contributed by atoms with Crippen LogP contribution in [-0.4, -0.2) is 19.5 Å². The number of nitrogens with zero attached hydrogens (tertiary/aromatic N) is 4. The van der Waals surface area contributed by atoms with E-state index in [1.54, 1.807) is 28.4 Å². The van der Waals surface area contributed by atoms with Gasteiger partial charge in [0.1, 0.15) is 12.1 Å². The maximum absolute atomic E-state index is 4.77. The molecule has 0 radical (unpaired) electrons. The highest BCUT2D eigenvalue weighted by Gasteiger charge is 2.12. The van der Waals surface area contributed by atoms with Crippen molar-refractivity contribution in [1.82, 2.24) is 19.5 Å². The quantitative estimate of drug-likeness (QED) is 0.456. The first-order valence-corrected chi connectivity index (χ1v) is 9.86. The minimum Gasteiger partial charge on any atom is -0.365 e. The summed E-state index contributed by atoms with van der Waals surface area (Å²) < 4.78 is 1.81. The molecule has 6 heteroatoms. The first kappa shape index (κ1) is 16.6. The van der Waals surface area contributed by atoms with Gasteiger partial charge < -0.3 is 5.32 Å². The van der Waals surface area contributed by atoms with E-state index in [9.17, 15) is 0 Å². The molecule has 0 saturated heterocycles. The molecule has 136 valence electrons. The fraction of sp³-hybridized carbons (Fsp3) is 0.0455. The summed E-state index contributed by atoms with van der Waals surface area (Å²) in [5.41, 5.74) is 2.23. The molecule has 3 aromatic heterocycles. The molecule has 5 aromatic rings. The normalized spacial score (nSPS) is 11.0. The van der Waals surface area contributed by atoms with E-state index < -0.39 is 0 Å². The van der Waals surface area contributed by atoms with E-state index in [0.29, 0.717) is 12.5 Å². The SMILES string of the molecule is c1csc(-c2cnc(-n3ccnc3)nc2NCc2cccc3ccccc23)c1. The smallest absolute Gasteiger partial charge is 0.236 e. The predicted molar refractivity (Wildman–Crippen MR) is 114 cm³/mol. The Morgan fingerprint density at radius 3 is 2.79 bits per heavy atom. The fourth-order valence-electron chi connectivity index (χ4n) is 3.25. The van der Waals surface area contributed by atoms with Gasteiger partial charge in [-0.2, -0.15) is 4.98 Å². The number of aromatic nitrogens is 4. The number of benzene rings is 2. The van der Waals surface area contributed by atoms with Crippen LogP contribution >= 0.6 is 11.3 Å². The van der Waals surface area contributed by atoms with Gasteiger partial charge in [-0.05, 0) is 27.8 Å². The summed E-state index contributed by atoms with van der Waals surface area (Å²) in [6, 6.07) is 18.9. The van der Waals surface area contributed by atoms with Crippen LogP contribution in [0.4, 0.5) is 5.82 Å². The summed E-state index contributed by atoms with van der Waals surface area (Å²) in [7, 11) is 0. The minimum atomic E-state index is 0.596. The molecule has 0 unspecified atom stereocenters. The minimum absolute atomic E-state index is 0.596. The van der Waals surface area contributed by atoms with Gasteiger partial charge in [-0.15, -0.1) is 11.3 Å². The van der Waals surface area contributed by atoms with E-state index in [4.69, 9.17) is 4.98 Å². The highest BCUT2D eigenvalue weighted by molar-refractivity contribution is 7.13. The molecule has 28 heavy (non-hydrogen) atoms. The van der Waals surface area contributed by atoms with E-state index in [1.807, 2.05) is 18.5 Å². The van der Waals surface area contributed by atoms with Crippen LogP contribution in [0.3, 0.4) is 0 Å². The second-order valence-electron chi connectivity index (χ2n) is 6.37. The van der Waals surface area contributed by atoms with Gasteiger partial charge in [0.2, 0.25) is 5.95 Å². The van der Waals surface area contributed by atoms with E-state index >= 15 is 0 Å². The lowest BCUT2D eigenvalue weighted by molar-refractivity contribution is 0.923. The monoisotopic (exact) mass is 383 g/mol. The van der Waals surface area contributed by atoms with Crippen LogP contribution < -0.4 is 5.32 Å². The highest BCUT2D eigenvalue weighted by atomic mass is 32.1. The number of hydrogen-bond acceptors (Lipinski definition) is 5. The topological polar surface area (TPSA) is 55.6 Å². The summed E-state index contributed by atoms with van der Waals surface area (Å²) in [5.74, 6) is 1.41. The van der Waals surface area contributed by atoms with Gasteiger partial charge in [0.25, 0.3) is 0 Å². The number of fused-ring (bicyclic) bond motifs is 1. The third-order valence-electron chi connectivity index (χ3n) is 4.62. The zero-order valence-electron chi connectivity index (χ0n) is 15.0. The Morgan fingerprint density at radius 2 is 1.93 bits per heavy atom. The van der Waals surface area contributed by atoms with Crippen LogP contribution in [0.5, 0.6) is 0 Å². The van der Waals surface area contributed by atoms with Gasteiger partial charge >= 0.3 is 0 Å². The van der Waals surface area contributed by atoms with Crippen molar-refractivity contribution in [3.8, 4) is 16.4 Å². The Labute approximate surface area is 166 Å². The Balaban J connectivity index is 1.53. The molecule has 2 aromatic carbocycles. The Kier molecular flexibility index (Phi) is 4.31. The zero-order chi connectivity index (χ0) is 18.8. The Bertz CT molecular complexity index is 1210. The molecule has 0 spiro atoms. The van der Waals surface area contributed by atoms with Gasteiger partial charge in [0.05, 0.1) is 5.56 Å². The van der Waals surface area contributed by atoms with Crippen LogP contribution in [0, 0.1) is 0 Å². The molecule has 5 rings (SSSR count). The first-order chi connectivity index (χ1) is 13.9. The van der Waals surface area contributed by atoms with Crippen molar-refractivity contribution in [2.45, 2.75) is 6.54 Å². The third-order valence-corrected chi connectivity index (χ3v) is 5.53. The molecular weight excluding hydrogens is 366 g/mol. The molecule has 0 aliphatic heterocycles. The number of hydrogen-bond donors (Lipinski definition) is 1. The molecule has 0 bridgehead atoms. The summed E-state index contributed by atoms with van der Waals surface area (Å²) in [4.78, 5) is 14.5. The molecule has 1 N–H and O–H groups in total. The van der Waals surface area contributed by atoms with Gasteiger partial charge in [-0.3, -0.25) is 4.57 Å². The van der Waals surface area contributed by atoms with E-state index in [2.05, 4.69) is 69.2 Å². The maximum atomic E-state index is 4.77. The van der Waals surface area contributed by atoms with E-state index in [1.165, 1.54) is 16.3 Å². The lowest BCUT2D eigenvalue weighted by Crippen LogP contribution is -2.07. The molecule has 0 aliphatic carbocycles. The van der Waals surface area contributed by atoms with Gasteiger partial charge in [-0.1, -0.05) is 48.5 Å². The number of rotatable bonds is 5. The van der Waals surface area contributed by atoms with Gasteiger partial charge in [-0.25, -0.2) is 9.97 Å².